The first-order chi connectivity index (χ1) is 9.94. The summed E-state index contributed by atoms with van der Waals surface area (Å²) >= 11 is 0. The second-order valence-corrected chi connectivity index (χ2v) is 6.72. The largest absolute Gasteiger partial charge is 0.392 e. The van der Waals surface area contributed by atoms with Gasteiger partial charge in [0.1, 0.15) is 0 Å². The van der Waals surface area contributed by atoms with Crippen LogP contribution in [0.4, 0.5) is 0 Å². The molecule has 1 aromatic heterocycles. The van der Waals surface area contributed by atoms with Crippen molar-refractivity contribution < 1.29 is 13.5 Å². The van der Waals surface area contributed by atoms with Gasteiger partial charge in [-0.05, 0) is 25.0 Å². The van der Waals surface area contributed by atoms with Gasteiger partial charge in [0.25, 0.3) is 10.0 Å². The lowest BCUT2D eigenvalue weighted by molar-refractivity contribution is 0.280. The fourth-order valence-corrected chi connectivity index (χ4v) is 2.81. The third kappa shape index (κ3) is 3.69. The van der Waals surface area contributed by atoms with Crippen LogP contribution in [0.15, 0.2) is 41.8 Å². The predicted octanol–water partition coefficient (Wildman–Crippen LogP) is 1.43. The zero-order chi connectivity index (χ0) is 15.5. The number of hydrogen-bond acceptors (Lipinski definition) is 4. The number of aliphatic hydroxyl groups is 1. The summed E-state index contributed by atoms with van der Waals surface area (Å²) in [5.74, 6) is 0. The van der Waals surface area contributed by atoms with Gasteiger partial charge in [-0.25, -0.2) is 18.1 Å². The number of benzene rings is 1. The number of hydrogen-bond donors (Lipinski definition) is 2. The Labute approximate surface area is 124 Å². The van der Waals surface area contributed by atoms with Crippen LogP contribution in [0.5, 0.6) is 0 Å². The average Bonchev–Trinajstić information content (AvgIpc) is 2.96. The maximum Gasteiger partial charge on any atom is 0.259 e. The van der Waals surface area contributed by atoms with E-state index in [1.54, 1.807) is 28.8 Å². The summed E-state index contributed by atoms with van der Waals surface area (Å²) in [6.45, 7) is 3.89. The number of aliphatic hydroxyl groups excluding tert-OH is 1. The Balaban J connectivity index is 2.14. The van der Waals surface area contributed by atoms with Crippen molar-refractivity contribution in [1.29, 1.82) is 0 Å². The van der Waals surface area contributed by atoms with Gasteiger partial charge in [-0.15, -0.1) is 0 Å². The molecule has 2 N–H and O–H groups in total. The minimum Gasteiger partial charge on any atom is -0.392 e. The second kappa shape index (κ2) is 6.38. The molecule has 0 spiro atoms. The Hall–Kier alpha value is -1.70. The van der Waals surface area contributed by atoms with Gasteiger partial charge >= 0.3 is 0 Å². The Morgan fingerprint density at radius 2 is 1.95 bits per heavy atom. The minimum absolute atomic E-state index is 0.00215. The monoisotopic (exact) mass is 309 g/mol. The molecule has 1 aromatic carbocycles. The number of sulfonamides is 1. The highest BCUT2D eigenvalue weighted by atomic mass is 32.2. The van der Waals surface area contributed by atoms with Crippen LogP contribution in [0.25, 0.3) is 0 Å². The SMILES string of the molecule is CC(C)n1cnc(S(=O)(=O)NCc2ccccc2CO)c1. The number of aromatic nitrogens is 2. The molecule has 0 amide bonds. The van der Waals surface area contributed by atoms with Crippen molar-refractivity contribution in [2.24, 2.45) is 0 Å². The van der Waals surface area contributed by atoms with Crippen LogP contribution in [-0.2, 0) is 23.2 Å². The summed E-state index contributed by atoms with van der Waals surface area (Å²) in [5.41, 5.74) is 1.44. The van der Waals surface area contributed by atoms with Gasteiger partial charge in [-0.2, -0.15) is 0 Å². The van der Waals surface area contributed by atoms with E-state index >= 15 is 0 Å². The summed E-state index contributed by atoms with van der Waals surface area (Å²) in [4.78, 5) is 3.93. The molecule has 0 unspecified atom stereocenters. The van der Waals surface area contributed by atoms with Crippen molar-refractivity contribution in [2.45, 2.75) is 38.1 Å². The molecule has 2 aromatic rings. The lowest BCUT2D eigenvalue weighted by Crippen LogP contribution is -2.24. The Morgan fingerprint density at radius 3 is 2.52 bits per heavy atom. The Kier molecular flexibility index (Phi) is 4.76. The van der Waals surface area contributed by atoms with Crippen LogP contribution < -0.4 is 4.72 Å². The molecule has 0 radical (unpaired) electrons. The van der Waals surface area contributed by atoms with E-state index in [1.165, 1.54) is 12.5 Å². The van der Waals surface area contributed by atoms with Gasteiger partial charge in [0.15, 0.2) is 5.03 Å². The average molecular weight is 309 g/mol. The summed E-state index contributed by atoms with van der Waals surface area (Å²) < 4.78 is 28.6. The van der Waals surface area contributed by atoms with Gasteiger partial charge < -0.3 is 9.67 Å². The first kappa shape index (κ1) is 15.7. The number of nitrogens with one attached hydrogen (secondary N) is 1. The van der Waals surface area contributed by atoms with E-state index in [2.05, 4.69) is 9.71 Å². The molecular formula is C14H19N3O3S. The summed E-state index contributed by atoms with van der Waals surface area (Å²) in [6, 6.07) is 7.29. The molecule has 114 valence electrons. The van der Waals surface area contributed by atoms with Crippen molar-refractivity contribution >= 4 is 10.0 Å². The van der Waals surface area contributed by atoms with Crippen molar-refractivity contribution in [3.63, 3.8) is 0 Å². The van der Waals surface area contributed by atoms with Crippen LogP contribution in [0.1, 0.15) is 31.0 Å². The maximum atomic E-state index is 12.2. The molecule has 0 bridgehead atoms. The molecule has 0 saturated heterocycles. The molecule has 0 saturated carbocycles. The molecule has 0 aliphatic rings. The smallest absolute Gasteiger partial charge is 0.259 e. The zero-order valence-electron chi connectivity index (χ0n) is 12.0. The molecular weight excluding hydrogens is 290 g/mol. The Bertz CT molecular complexity index is 708. The van der Waals surface area contributed by atoms with E-state index in [4.69, 9.17) is 0 Å². The van der Waals surface area contributed by atoms with E-state index in [0.29, 0.717) is 5.56 Å². The molecule has 1 heterocycles. The summed E-state index contributed by atoms with van der Waals surface area (Å²) in [6.07, 6.45) is 3.01. The topological polar surface area (TPSA) is 84.2 Å². The third-order valence-electron chi connectivity index (χ3n) is 3.19. The molecule has 0 atom stereocenters. The normalized spacial score (nSPS) is 12.0. The van der Waals surface area contributed by atoms with E-state index in [-0.39, 0.29) is 24.2 Å². The summed E-state index contributed by atoms with van der Waals surface area (Å²) in [5, 5.41) is 9.23. The molecule has 2 rings (SSSR count). The Morgan fingerprint density at radius 1 is 1.29 bits per heavy atom. The number of imidazole rings is 1. The standard InChI is InChI=1S/C14H19N3O3S/c1-11(2)17-8-14(15-10-17)21(19,20)16-7-12-5-3-4-6-13(12)9-18/h3-6,8,10-11,16,18H,7,9H2,1-2H3. The van der Waals surface area contributed by atoms with Crippen LogP contribution in [0.2, 0.25) is 0 Å². The van der Waals surface area contributed by atoms with Crippen LogP contribution in [0.3, 0.4) is 0 Å². The summed E-state index contributed by atoms with van der Waals surface area (Å²) in [7, 11) is -3.66. The predicted molar refractivity (Wildman–Crippen MR) is 79.0 cm³/mol. The highest BCUT2D eigenvalue weighted by Gasteiger charge is 2.18. The van der Waals surface area contributed by atoms with Crippen molar-refractivity contribution in [2.75, 3.05) is 0 Å². The minimum atomic E-state index is -3.66. The molecule has 7 heteroatoms. The van der Waals surface area contributed by atoms with Crippen LogP contribution >= 0.6 is 0 Å². The van der Waals surface area contributed by atoms with Gasteiger partial charge in [-0.1, -0.05) is 24.3 Å². The molecule has 0 fully saturated rings. The first-order valence-electron chi connectivity index (χ1n) is 6.65. The fourth-order valence-electron chi connectivity index (χ4n) is 1.87. The molecule has 6 nitrogen and oxygen atoms in total. The first-order valence-corrected chi connectivity index (χ1v) is 8.13. The quantitative estimate of drug-likeness (QED) is 0.845. The maximum absolute atomic E-state index is 12.2. The lowest BCUT2D eigenvalue weighted by atomic mass is 10.1. The van der Waals surface area contributed by atoms with E-state index < -0.39 is 10.0 Å². The van der Waals surface area contributed by atoms with Crippen molar-refractivity contribution in [1.82, 2.24) is 14.3 Å². The van der Waals surface area contributed by atoms with Crippen molar-refractivity contribution in [3.05, 3.63) is 47.9 Å². The fraction of sp³-hybridized carbons (Fsp3) is 0.357. The van der Waals surface area contributed by atoms with Crippen molar-refractivity contribution in [3.8, 4) is 0 Å². The van der Waals surface area contributed by atoms with Gasteiger partial charge in [-0.3, -0.25) is 0 Å². The van der Waals surface area contributed by atoms with E-state index in [1.807, 2.05) is 13.8 Å². The molecule has 21 heavy (non-hydrogen) atoms. The number of nitrogens with zero attached hydrogens (tertiary/aromatic N) is 2. The van der Waals surface area contributed by atoms with Crippen LogP contribution in [0, 0.1) is 0 Å². The molecule has 0 aliphatic heterocycles. The highest BCUT2D eigenvalue weighted by molar-refractivity contribution is 7.89. The highest BCUT2D eigenvalue weighted by Crippen LogP contribution is 2.12. The second-order valence-electron chi connectivity index (χ2n) is 5.00. The van der Waals surface area contributed by atoms with Gasteiger partial charge in [0.05, 0.1) is 12.9 Å². The van der Waals surface area contributed by atoms with Crippen LogP contribution in [-0.4, -0.2) is 23.1 Å². The number of rotatable bonds is 6. The zero-order valence-corrected chi connectivity index (χ0v) is 12.8. The van der Waals surface area contributed by atoms with Gasteiger partial charge in [0, 0.05) is 18.8 Å². The van der Waals surface area contributed by atoms with E-state index in [9.17, 15) is 13.5 Å². The van der Waals surface area contributed by atoms with E-state index in [0.717, 1.165) is 5.56 Å². The molecule has 0 aliphatic carbocycles. The lowest BCUT2D eigenvalue weighted by Gasteiger charge is -2.08. The third-order valence-corrected chi connectivity index (χ3v) is 4.48. The van der Waals surface area contributed by atoms with Gasteiger partial charge in [0.2, 0.25) is 0 Å².